The maximum atomic E-state index is 12.0. The number of nitrogens with one attached hydrogen (secondary N) is 1. The van der Waals surface area contributed by atoms with Gasteiger partial charge in [-0.05, 0) is 17.0 Å². The third-order valence-electron chi connectivity index (χ3n) is 2.93. The van der Waals surface area contributed by atoms with E-state index in [0.717, 1.165) is 0 Å². The third kappa shape index (κ3) is 3.68. The zero-order valence-electron chi connectivity index (χ0n) is 10.9. The third-order valence-corrected chi connectivity index (χ3v) is 3.76. The van der Waals surface area contributed by atoms with Crippen molar-refractivity contribution in [2.45, 2.75) is 12.3 Å². The summed E-state index contributed by atoms with van der Waals surface area (Å²) in [6.07, 6.45) is -0.178. The molecule has 1 atom stereocenters. The molecule has 0 spiro atoms. The Labute approximate surface area is 125 Å². The topological polar surface area (TPSA) is 90.2 Å². The number of carboxylic acid groups (broad SMARTS) is 1. The number of carboxylic acids is 1. The normalized spacial score (nSPS) is 11.4. The zero-order valence-corrected chi connectivity index (χ0v) is 11.8. The van der Waals surface area contributed by atoms with Crippen molar-refractivity contribution < 1.29 is 14.7 Å². The van der Waals surface area contributed by atoms with Crippen molar-refractivity contribution in [1.82, 2.24) is 0 Å². The highest BCUT2D eigenvalue weighted by Gasteiger charge is 2.23. The number of thiophene rings is 1. The van der Waals surface area contributed by atoms with E-state index in [0.29, 0.717) is 16.1 Å². The second kappa shape index (κ2) is 6.68. The van der Waals surface area contributed by atoms with E-state index in [9.17, 15) is 14.7 Å². The smallest absolute Gasteiger partial charge is 0.311 e. The molecule has 2 N–H and O–H groups in total. The summed E-state index contributed by atoms with van der Waals surface area (Å²) in [7, 11) is 0. The largest absolute Gasteiger partial charge is 0.481 e. The number of amides is 1. The lowest BCUT2D eigenvalue weighted by Crippen LogP contribution is -2.20. The van der Waals surface area contributed by atoms with Gasteiger partial charge in [0.1, 0.15) is 11.1 Å². The number of rotatable bonds is 5. The molecule has 0 aliphatic rings. The number of carbonyl (C=O) groups excluding carboxylic acids is 1. The molecule has 1 aromatic heterocycles. The summed E-state index contributed by atoms with van der Waals surface area (Å²) in [5, 5.41) is 22.9. The Bertz CT molecular complexity index is 688. The number of hydrogen-bond donors (Lipinski definition) is 2. The van der Waals surface area contributed by atoms with Crippen LogP contribution in [-0.4, -0.2) is 17.0 Å². The summed E-state index contributed by atoms with van der Waals surface area (Å²) in [4.78, 5) is 23.3. The van der Waals surface area contributed by atoms with E-state index in [2.05, 4.69) is 5.32 Å². The first-order chi connectivity index (χ1) is 10.1. The van der Waals surface area contributed by atoms with Gasteiger partial charge in [-0.25, -0.2) is 0 Å². The SMILES string of the molecule is N#Cc1ccsc1NC(=O)CC(C(=O)O)c1ccccc1. The van der Waals surface area contributed by atoms with Gasteiger partial charge in [-0.2, -0.15) is 5.26 Å². The van der Waals surface area contributed by atoms with Crippen molar-refractivity contribution in [1.29, 1.82) is 5.26 Å². The van der Waals surface area contributed by atoms with E-state index in [1.54, 1.807) is 41.8 Å². The lowest BCUT2D eigenvalue weighted by Gasteiger charge is -2.12. The molecule has 6 heteroatoms. The van der Waals surface area contributed by atoms with E-state index in [1.807, 2.05) is 6.07 Å². The summed E-state index contributed by atoms with van der Waals surface area (Å²) >= 11 is 1.23. The van der Waals surface area contributed by atoms with Gasteiger partial charge in [0.2, 0.25) is 5.91 Å². The van der Waals surface area contributed by atoms with Gasteiger partial charge in [-0.15, -0.1) is 11.3 Å². The molecule has 0 bridgehead atoms. The van der Waals surface area contributed by atoms with Crippen LogP contribution in [0.2, 0.25) is 0 Å². The highest BCUT2D eigenvalue weighted by atomic mass is 32.1. The van der Waals surface area contributed by atoms with Crippen molar-refractivity contribution in [2.24, 2.45) is 0 Å². The fourth-order valence-electron chi connectivity index (χ4n) is 1.89. The predicted octanol–water partition coefficient (Wildman–Crippen LogP) is 2.82. The van der Waals surface area contributed by atoms with Crippen LogP contribution in [-0.2, 0) is 9.59 Å². The van der Waals surface area contributed by atoms with Gasteiger partial charge >= 0.3 is 5.97 Å². The monoisotopic (exact) mass is 300 g/mol. The minimum Gasteiger partial charge on any atom is -0.481 e. The standard InChI is InChI=1S/C15H12N2O3S/c16-9-11-6-7-21-14(11)17-13(18)8-12(15(19)20)10-4-2-1-3-5-10/h1-7,12H,8H2,(H,17,18)(H,19,20). The predicted molar refractivity (Wildman–Crippen MR) is 79.1 cm³/mol. The summed E-state index contributed by atoms with van der Waals surface area (Å²) in [5.74, 6) is -2.38. The second-order valence-electron chi connectivity index (χ2n) is 4.33. The molecule has 21 heavy (non-hydrogen) atoms. The molecule has 5 nitrogen and oxygen atoms in total. The average molecular weight is 300 g/mol. The van der Waals surface area contributed by atoms with Crippen molar-refractivity contribution in [3.8, 4) is 6.07 Å². The van der Waals surface area contributed by atoms with Gasteiger partial charge in [-0.3, -0.25) is 9.59 Å². The number of anilines is 1. The Kier molecular flexibility index (Phi) is 4.69. The van der Waals surface area contributed by atoms with E-state index >= 15 is 0 Å². The molecule has 1 amide bonds. The van der Waals surface area contributed by atoms with Crippen molar-refractivity contribution in [2.75, 3.05) is 5.32 Å². The number of nitriles is 1. The van der Waals surface area contributed by atoms with Crippen LogP contribution in [0.25, 0.3) is 0 Å². The van der Waals surface area contributed by atoms with Crippen LogP contribution in [0.3, 0.4) is 0 Å². The summed E-state index contributed by atoms with van der Waals surface area (Å²) in [6.45, 7) is 0. The highest BCUT2D eigenvalue weighted by Crippen LogP contribution is 2.25. The molecule has 106 valence electrons. The fraction of sp³-hybridized carbons (Fsp3) is 0.133. The number of carbonyl (C=O) groups is 2. The summed E-state index contributed by atoms with van der Waals surface area (Å²) < 4.78 is 0. The summed E-state index contributed by atoms with van der Waals surface area (Å²) in [6, 6.07) is 12.2. The Morgan fingerprint density at radius 1 is 1.29 bits per heavy atom. The maximum Gasteiger partial charge on any atom is 0.311 e. The zero-order chi connectivity index (χ0) is 15.2. The number of hydrogen-bond acceptors (Lipinski definition) is 4. The van der Waals surface area contributed by atoms with Crippen LogP contribution in [0.4, 0.5) is 5.00 Å². The van der Waals surface area contributed by atoms with Gasteiger partial charge in [0.25, 0.3) is 0 Å². The average Bonchev–Trinajstić information content (AvgIpc) is 2.92. The quantitative estimate of drug-likeness (QED) is 0.888. The molecular formula is C15H12N2O3S. The lowest BCUT2D eigenvalue weighted by atomic mass is 9.95. The molecule has 0 aliphatic heterocycles. The van der Waals surface area contributed by atoms with Gasteiger partial charge in [0.15, 0.2) is 0 Å². The Balaban J connectivity index is 2.10. The molecule has 0 saturated carbocycles. The molecule has 1 unspecified atom stereocenters. The van der Waals surface area contributed by atoms with Crippen LogP contribution >= 0.6 is 11.3 Å². The molecule has 0 radical (unpaired) electrons. The van der Waals surface area contributed by atoms with Gasteiger partial charge in [-0.1, -0.05) is 30.3 Å². The molecular weight excluding hydrogens is 288 g/mol. The Morgan fingerprint density at radius 3 is 2.62 bits per heavy atom. The van der Waals surface area contributed by atoms with Gasteiger partial charge in [0, 0.05) is 6.42 Å². The first kappa shape index (κ1) is 14.8. The van der Waals surface area contributed by atoms with Crippen molar-refractivity contribution >= 4 is 28.2 Å². The molecule has 2 aromatic rings. The molecule has 0 saturated heterocycles. The van der Waals surface area contributed by atoms with Crippen molar-refractivity contribution in [3.05, 3.63) is 52.9 Å². The second-order valence-corrected chi connectivity index (χ2v) is 5.25. The van der Waals surface area contributed by atoms with Gasteiger partial charge in [0.05, 0.1) is 11.5 Å². The van der Waals surface area contributed by atoms with Crippen LogP contribution in [0.15, 0.2) is 41.8 Å². The first-order valence-corrected chi connectivity index (χ1v) is 7.05. The van der Waals surface area contributed by atoms with Crippen LogP contribution < -0.4 is 5.32 Å². The van der Waals surface area contributed by atoms with Crippen LogP contribution in [0.5, 0.6) is 0 Å². The van der Waals surface area contributed by atoms with Crippen molar-refractivity contribution in [3.63, 3.8) is 0 Å². The van der Waals surface area contributed by atoms with E-state index in [4.69, 9.17) is 5.26 Å². The van der Waals surface area contributed by atoms with E-state index < -0.39 is 17.8 Å². The first-order valence-electron chi connectivity index (χ1n) is 6.17. The molecule has 0 aliphatic carbocycles. The molecule has 1 heterocycles. The minimum absolute atomic E-state index is 0.178. The fourth-order valence-corrected chi connectivity index (χ4v) is 2.64. The molecule has 2 rings (SSSR count). The minimum atomic E-state index is -1.05. The maximum absolute atomic E-state index is 12.0. The lowest BCUT2D eigenvalue weighted by molar-refractivity contribution is -0.140. The van der Waals surface area contributed by atoms with E-state index in [-0.39, 0.29) is 6.42 Å². The van der Waals surface area contributed by atoms with E-state index in [1.165, 1.54) is 11.3 Å². The highest BCUT2D eigenvalue weighted by molar-refractivity contribution is 7.14. The molecule has 0 fully saturated rings. The summed E-state index contributed by atoms with van der Waals surface area (Å²) in [5.41, 5.74) is 0.951. The number of nitrogens with zero attached hydrogens (tertiary/aromatic N) is 1. The van der Waals surface area contributed by atoms with Crippen LogP contribution in [0, 0.1) is 11.3 Å². The number of benzene rings is 1. The Hall–Kier alpha value is -2.65. The van der Waals surface area contributed by atoms with Crippen LogP contribution in [0.1, 0.15) is 23.5 Å². The number of aliphatic carboxylic acids is 1. The Morgan fingerprint density at radius 2 is 2.00 bits per heavy atom. The molecule has 1 aromatic carbocycles. The van der Waals surface area contributed by atoms with Gasteiger partial charge < -0.3 is 10.4 Å².